The van der Waals surface area contributed by atoms with Gasteiger partial charge in [-0.25, -0.2) is 0 Å². The molecule has 0 heterocycles. The van der Waals surface area contributed by atoms with Crippen molar-refractivity contribution in [2.24, 2.45) is 11.1 Å². The van der Waals surface area contributed by atoms with E-state index in [-0.39, 0.29) is 0 Å². The van der Waals surface area contributed by atoms with Crippen molar-refractivity contribution >= 4 is 0 Å². The summed E-state index contributed by atoms with van der Waals surface area (Å²) in [7, 11) is 0. The van der Waals surface area contributed by atoms with Crippen LogP contribution in [0.4, 0.5) is 0 Å². The van der Waals surface area contributed by atoms with E-state index in [1.807, 2.05) is 0 Å². The molecule has 1 saturated carbocycles. The first-order chi connectivity index (χ1) is 8.12. The topological polar surface area (TPSA) is 26.0 Å². The van der Waals surface area contributed by atoms with E-state index < -0.39 is 0 Å². The SMILES string of the molecule is Cc1ccccc1CC(N)C1(C)CCCCC1. The van der Waals surface area contributed by atoms with Crippen LogP contribution in [0.25, 0.3) is 0 Å². The van der Waals surface area contributed by atoms with Gasteiger partial charge in [0.1, 0.15) is 0 Å². The molecule has 2 rings (SSSR count). The molecule has 1 aliphatic rings. The summed E-state index contributed by atoms with van der Waals surface area (Å²) in [5, 5.41) is 0. The van der Waals surface area contributed by atoms with E-state index in [1.165, 1.54) is 43.2 Å². The summed E-state index contributed by atoms with van der Waals surface area (Å²) in [5.74, 6) is 0. The Kier molecular flexibility index (Phi) is 3.88. The van der Waals surface area contributed by atoms with E-state index in [2.05, 4.69) is 38.1 Å². The second kappa shape index (κ2) is 5.22. The Bertz CT molecular complexity index is 364. The van der Waals surface area contributed by atoms with Gasteiger partial charge in [-0.15, -0.1) is 0 Å². The third-order valence-electron chi connectivity index (χ3n) is 4.59. The second-order valence-corrected chi connectivity index (χ2v) is 5.95. The van der Waals surface area contributed by atoms with Crippen molar-refractivity contribution in [2.45, 2.75) is 58.4 Å². The van der Waals surface area contributed by atoms with Crippen molar-refractivity contribution in [1.82, 2.24) is 0 Å². The fourth-order valence-electron chi connectivity index (χ4n) is 3.05. The lowest BCUT2D eigenvalue weighted by molar-refractivity contribution is 0.168. The minimum absolute atomic E-state index is 0.309. The van der Waals surface area contributed by atoms with Gasteiger partial charge in [0, 0.05) is 6.04 Å². The molecule has 1 unspecified atom stereocenters. The van der Waals surface area contributed by atoms with Crippen LogP contribution in [0.15, 0.2) is 24.3 Å². The summed E-state index contributed by atoms with van der Waals surface area (Å²) < 4.78 is 0. The van der Waals surface area contributed by atoms with Gasteiger partial charge in [-0.3, -0.25) is 0 Å². The van der Waals surface area contributed by atoms with Crippen molar-refractivity contribution in [3.8, 4) is 0 Å². The van der Waals surface area contributed by atoms with Gasteiger partial charge in [0.25, 0.3) is 0 Å². The zero-order valence-electron chi connectivity index (χ0n) is 11.2. The van der Waals surface area contributed by atoms with E-state index in [9.17, 15) is 0 Å². The van der Waals surface area contributed by atoms with Crippen molar-refractivity contribution in [1.29, 1.82) is 0 Å². The summed E-state index contributed by atoms with van der Waals surface area (Å²) in [6, 6.07) is 8.95. The van der Waals surface area contributed by atoms with Crippen LogP contribution < -0.4 is 5.73 Å². The van der Waals surface area contributed by atoms with Gasteiger partial charge < -0.3 is 5.73 Å². The van der Waals surface area contributed by atoms with Gasteiger partial charge >= 0.3 is 0 Å². The molecule has 94 valence electrons. The minimum atomic E-state index is 0.309. The number of hydrogen-bond donors (Lipinski definition) is 1. The van der Waals surface area contributed by atoms with E-state index in [1.54, 1.807) is 0 Å². The molecule has 0 saturated heterocycles. The summed E-state index contributed by atoms with van der Waals surface area (Å²) >= 11 is 0. The van der Waals surface area contributed by atoms with Gasteiger partial charge in [0.05, 0.1) is 0 Å². The highest BCUT2D eigenvalue weighted by atomic mass is 14.7. The van der Waals surface area contributed by atoms with Gasteiger partial charge in [0.2, 0.25) is 0 Å². The van der Waals surface area contributed by atoms with Gasteiger partial charge in [-0.2, -0.15) is 0 Å². The molecule has 0 amide bonds. The number of nitrogens with two attached hydrogens (primary N) is 1. The predicted molar refractivity (Wildman–Crippen MR) is 74.1 cm³/mol. The third kappa shape index (κ3) is 2.90. The average Bonchev–Trinajstić information content (AvgIpc) is 2.33. The summed E-state index contributed by atoms with van der Waals surface area (Å²) in [6.45, 7) is 4.57. The summed E-state index contributed by atoms with van der Waals surface area (Å²) in [5.41, 5.74) is 9.65. The van der Waals surface area contributed by atoms with Crippen molar-refractivity contribution < 1.29 is 0 Å². The Morgan fingerprint density at radius 3 is 2.47 bits per heavy atom. The molecule has 2 N–H and O–H groups in total. The first kappa shape index (κ1) is 12.6. The highest BCUT2D eigenvalue weighted by molar-refractivity contribution is 5.26. The van der Waals surface area contributed by atoms with Crippen LogP contribution in [0, 0.1) is 12.3 Å². The van der Waals surface area contributed by atoms with E-state index in [0.717, 1.165) is 6.42 Å². The molecule has 0 aromatic heterocycles. The first-order valence-electron chi connectivity index (χ1n) is 6.92. The number of benzene rings is 1. The quantitative estimate of drug-likeness (QED) is 0.840. The van der Waals surface area contributed by atoms with Crippen molar-refractivity contribution in [3.63, 3.8) is 0 Å². The van der Waals surface area contributed by atoms with Crippen LogP contribution in [0.1, 0.15) is 50.2 Å². The predicted octanol–water partition coefficient (Wildman–Crippen LogP) is 3.84. The Balaban J connectivity index is 2.05. The number of rotatable bonds is 3. The van der Waals surface area contributed by atoms with Crippen LogP contribution in [-0.2, 0) is 6.42 Å². The molecule has 0 radical (unpaired) electrons. The van der Waals surface area contributed by atoms with Crippen molar-refractivity contribution in [2.75, 3.05) is 0 Å². The molecule has 1 heteroatoms. The molecule has 1 aliphatic carbocycles. The van der Waals surface area contributed by atoms with Gasteiger partial charge in [-0.05, 0) is 42.7 Å². The fraction of sp³-hybridized carbons (Fsp3) is 0.625. The van der Waals surface area contributed by atoms with E-state index in [4.69, 9.17) is 5.73 Å². The molecular formula is C16H25N. The maximum atomic E-state index is 6.48. The molecule has 1 nitrogen and oxygen atoms in total. The van der Waals surface area contributed by atoms with Crippen LogP contribution in [0.5, 0.6) is 0 Å². The molecule has 0 spiro atoms. The molecule has 1 aromatic carbocycles. The molecule has 0 bridgehead atoms. The first-order valence-corrected chi connectivity index (χ1v) is 6.92. The Morgan fingerprint density at radius 2 is 1.82 bits per heavy atom. The lowest BCUT2D eigenvalue weighted by atomic mass is 9.69. The highest BCUT2D eigenvalue weighted by Gasteiger charge is 2.33. The molecular weight excluding hydrogens is 206 g/mol. The Hall–Kier alpha value is -0.820. The summed E-state index contributed by atoms with van der Waals surface area (Å²) in [4.78, 5) is 0. The van der Waals surface area contributed by atoms with Crippen LogP contribution in [0.2, 0.25) is 0 Å². The highest BCUT2D eigenvalue weighted by Crippen LogP contribution is 2.39. The third-order valence-corrected chi connectivity index (χ3v) is 4.59. The monoisotopic (exact) mass is 231 g/mol. The maximum absolute atomic E-state index is 6.48. The fourth-order valence-corrected chi connectivity index (χ4v) is 3.05. The van der Waals surface area contributed by atoms with E-state index >= 15 is 0 Å². The zero-order valence-corrected chi connectivity index (χ0v) is 11.2. The normalized spacial score (nSPS) is 21.1. The minimum Gasteiger partial charge on any atom is -0.327 e. The molecule has 1 fully saturated rings. The second-order valence-electron chi connectivity index (χ2n) is 5.95. The van der Waals surface area contributed by atoms with Crippen LogP contribution >= 0.6 is 0 Å². The number of aryl methyl sites for hydroxylation is 1. The zero-order chi connectivity index (χ0) is 12.3. The van der Waals surface area contributed by atoms with Crippen LogP contribution in [0.3, 0.4) is 0 Å². The lowest BCUT2D eigenvalue weighted by Gasteiger charge is -2.39. The standard InChI is InChI=1S/C16H25N/c1-13-8-4-5-9-14(13)12-15(17)16(2)10-6-3-7-11-16/h4-5,8-9,15H,3,6-7,10-12,17H2,1-2H3. The maximum Gasteiger partial charge on any atom is 0.0134 e. The molecule has 1 atom stereocenters. The molecule has 0 aliphatic heterocycles. The Labute approximate surface area is 105 Å². The largest absolute Gasteiger partial charge is 0.327 e. The Morgan fingerprint density at radius 1 is 1.18 bits per heavy atom. The van der Waals surface area contributed by atoms with E-state index in [0.29, 0.717) is 11.5 Å². The summed E-state index contributed by atoms with van der Waals surface area (Å²) in [6.07, 6.45) is 7.76. The van der Waals surface area contributed by atoms with Crippen molar-refractivity contribution in [3.05, 3.63) is 35.4 Å². The average molecular weight is 231 g/mol. The molecule has 17 heavy (non-hydrogen) atoms. The lowest BCUT2D eigenvalue weighted by Crippen LogP contribution is -2.42. The van der Waals surface area contributed by atoms with Gasteiger partial charge in [0.15, 0.2) is 0 Å². The smallest absolute Gasteiger partial charge is 0.0134 e. The molecule has 1 aromatic rings. The van der Waals surface area contributed by atoms with Crippen LogP contribution in [-0.4, -0.2) is 6.04 Å². The van der Waals surface area contributed by atoms with Gasteiger partial charge in [-0.1, -0.05) is 50.5 Å². The number of hydrogen-bond acceptors (Lipinski definition) is 1.